The molecule has 2 aromatic rings. The van der Waals surface area contributed by atoms with Gasteiger partial charge in [0.2, 0.25) is 5.91 Å². The maximum atomic E-state index is 12.4. The van der Waals surface area contributed by atoms with Gasteiger partial charge in [0.1, 0.15) is 5.92 Å². The summed E-state index contributed by atoms with van der Waals surface area (Å²) in [5.41, 5.74) is 0.610. The summed E-state index contributed by atoms with van der Waals surface area (Å²) in [7, 11) is -3.64. The Kier molecular flexibility index (Phi) is 3.54. The van der Waals surface area contributed by atoms with Crippen LogP contribution in [0.4, 0.5) is 5.69 Å². The fraction of sp³-hybridized carbons (Fsp3) is 0.125. The van der Waals surface area contributed by atoms with Crippen LogP contribution in [0.25, 0.3) is 0 Å². The number of fused-ring (bicyclic) bond motifs is 1. The number of anilines is 1. The highest BCUT2D eigenvalue weighted by molar-refractivity contribution is 7.91. The molecular weight excluding hydrogens is 302 g/mol. The lowest BCUT2D eigenvalue weighted by atomic mass is 9.97. The van der Waals surface area contributed by atoms with E-state index in [4.69, 9.17) is 0 Å². The minimum Gasteiger partial charge on any atom is -0.325 e. The van der Waals surface area contributed by atoms with E-state index >= 15 is 0 Å². The van der Waals surface area contributed by atoms with Gasteiger partial charge in [-0.3, -0.25) is 9.59 Å². The van der Waals surface area contributed by atoms with E-state index in [9.17, 15) is 18.0 Å². The van der Waals surface area contributed by atoms with Crippen molar-refractivity contribution in [2.45, 2.75) is 4.90 Å². The number of benzene rings is 2. The van der Waals surface area contributed by atoms with Gasteiger partial charge in [-0.1, -0.05) is 36.4 Å². The zero-order chi connectivity index (χ0) is 15.7. The molecule has 22 heavy (non-hydrogen) atoms. The minimum atomic E-state index is -3.64. The van der Waals surface area contributed by atoms with Gasteiger partial charge < -0.3 is 5.32 Å². The molecule has 1 aliphatic heterocycles. The first-order valence-electron chi connectivity index (χ1n) is 6.71. The zero-order valence-corrected chi connectivity index (χ0v) is 12.3. The van der Waals surface area contributed by atoms with Crippen molar-refractivity contribution < 1.29 is 18.0 Å². The highest BCUT2D eigenvalue weighted by Crippen LogP contribution is 2.28. The van der Waals surface area contributed by atoms with E-state index in [0.29, 0.717) is 5.69 Å². The third-order valence-corrected chi connectivity index (χ3v) is 5.35. The minimum absolute atomic E-state index is 0.00348. The Morgan fingerprint density at radius 3 is 2.36 bits per heavy atom. The molecule has 1 N–H and O–H groups in total. The van der Waals surface area contributed by atoms with Crippen LogP contribution in [0, 0.1) is 5.92 Å². The molecular formula is C16H13NO4S. The van der Waals surface area contributed by atoms with Crippen LogP contribution in [-0.2, 0) is 14.6 Å². The molecule has 2 aromatic carbocycles. The smallest absolute Gasteiger partial charge is 0.236 e. The normalized spacial score (nSPS) is 19.3. The van der Waals surface area contributed by atoms with Crippen molar-refractivity contribution in [3.8, 4) is 0 Å². The Hall–Kier alpha value is -2.47. The number of ketones is 1. The molecule has 1 atom stereocenters. The van der Waals surface area contributed by atoms with Gasteiger partial charge in [-0.05, 0) is 18.2 Å². The predicted octanol–water partition coefficient (Wildman–Crippen LogP) is 1.91. The summed E-state index contributed by atoms with van der Waals surface area (Å²) < 4.78 is 24.5. The summed E-state index contributed by atoms with van der Waals surface area (Å²) in [5.74, 6) is -2.78. The third kappa shape index (κ3) is 2.53. The Labute approximate surface area is 127 Å². The van der Waals surface area contributed by atoms with Crippen molar-refractivity contribution in [2.24, 2.45) is 5.92 Å². The second-order valence-electron chi connectivity index (χ2n) is 5.05. The van der Waals surface area contributed by atoms with Crippen molar-refractivity contribution in [1.82, 2.24) is 0 Å². The molecule has 1 unspecified atom stereocenters. The molecule has 1 heterocycles. The van der Waals surface area contributed by atoms with E-state index in [2.05, 4.69) is 5.32 Å². The first kappa shape index (κ1) is 14.5. The summed E-state index contributed by atoms with van der Waals surface area (Å²) >= 11 is 0. The van der Waals surface area contributed by atoms with Crippen LogP contribution < -0.4 is 5.32 Å². The highest BCUT2D eigenvalue weighted by Gasteiger charge is 2.40. The highest BCUT2D eigenvalue weighted by atomic mass is 32.2. The summed E-state index contributed by atoms with van der Waals surface area (Å²) in [4.78, 5) is 24.7. The lowest BCUT2D eigenvalue weighted by molar-refractivity contribution is -0.118. The average Bonchev–Trinajstić information content (AvgIpc) is 2.52. The van der Waals surface area contributed by atoms with Crippen molar-refractivity contribution in [3.05, 3.63) is 60.2 Å². The molecule has 0 bridgehead atoms. The fourth-order valence-electron chi connectivity index (χ4n) is 2.46. The van der Waals surface area contributed by atoms with Gasteiger partial charge >= 0.3 is 0 Å². The van der Waals surface area contributed by atoms with E-state index in [1.807, 2.05) is 0 Å². The monoisotopic (exact) mass is 315 g/mol. The van der Waals surface area contributed by atoms with E-state index in [1.165, 1.54) is 12.1 Å². The topological polar surface area (TPSA) is 80.3 Å². The predicted molar refractivity (Wildman–Crippen MR) is 81.4 cm³/mol. The largest absolute Gasteiger partial charge is 0.325 e. The molecule has 0 radical (unpaired) electrons. The van der Waals surface area contributed by atoms with Crippen LogP contribution in [0.15, 0.2) is 59.5 Å². The molecule has 0 spiro atoms. The van der Waals surface area contributed by atoms with Crippen molar-refractivity contribution >= 4 is 27.2 Å². The van der Waals surface area contributed by atoms with Gasteiger partial charge in [-0.15, -0.1) is 0 Å². The molecule has 112 valence electrons. The lowest BCUT2D eigenvalue weighted by Crippen LogP contribution is -2.39. The Morgan fingerprint density at radius 2 is 1.64 bits per heavy atom. The van der Waals surface area contributed by atoms with Gasteiger partial charge in [0.05, 0.1) is 10.6 Å². The molecule has 0 saturated carbocycles. The fourth-order valence-corrected chi connectivity index (χ4v) is 4.17. The lowest BCUT2D eigenvalue weighted by Gasteiger charge is -2.22. The van der Waals surface area contributed by atoms with Crippen LogP contribution in [0.5, 0.6) is 0 Å². The van der Waals surface area contributed by atoms with Crippen LogP contribution >= 0.6 is 0 Å². The molecule has 0 saturated heterocycles. The maximum absolute atomic E-state index is 12.4. The first-order valence-corrected chi connectivity index (χ1v) is 8.36. The van der Waals surface area contributed by atoms with Gasteiger partial charge in [-0.2, -0.15) is 0 Å². The van der Waals surface area contributed by atoms with Crippen molar-refractivity contribution in [3.63, 3.8) is 0 Å². The van der Waals surface area contributed by atoms with Gasteiger partial charge in [0.15, 0.2) is 15.6 Å². The summed E-state index contributed by atoms with van der Waals surface area (Å²) in [6.07, 6.45) is 0. The number of hydrogen-bond donors (Lipinski definition) is 1. The second kappa shape index (κ2) is 5.38. The molecule has 1 aliphatic rings. The number of nitrogens with one attached hydrogen (secondary N) is 1. The van der Waals surface area contributed by atoms with Crippen LogP contribution in [0.3, 0.4) is 0 Å². The van der Waals surface area contributed by atoms with Crippen molar-refractivity contribution in [1.29, 1.82) is 0 Å². The molecule has 1 amide bonds. The molecule has 0 aliphatic carbocycles. The van der Waals surface area contributed by atoms with Gasteiger partial charge in [-0.25, -0.2) is 8.42 Å². The number of carbonyl (C=O) groups is 2. The maximum Gasteiger partial charge on any atom is 0.236 e. The third-order valence-electron chi connectivity index (χ3n) is 3.55. The SMILES string of the molecule is O=C(Nc1ccccc1)C1CS(=O)(=O)c2ccccc2C1=O. The standard InChI is InChI=1S/C16H13NO4S/c18-15-12-8-4-5-9-14(12)22(20,21)10-13(15)16(19)17-11-6-2-1-3-7-11/h1-9,13H,10H2,(H,17,19). The molecule has 5 nitrogen and oxygen atoms in total. The Morgan fingerprint density at radius 1 is 1.00 bits per heavy atom. The number of para-hydroxylation sites is 1. The van der Waals surface area contributed by atoms with Gasteiger partial charge in [0, 0.05) is 11.3 Å². The quantitative estimate of drug-likeness (QED) is 0.859. The van der Waals surface area contributed by atoms with Crippen molar-refractivity contribution in [2.75, 3.05) is 11.1 Å². The van der Waals surface area contributed by atoms with E-state index in [-0.39, 0.29) is 10.5 Å². The Balaban J connectivity index is 1.93. The van der Waals surface area contributed by atoms with Crippen LogP contribution in [0.2, 0.25) is 0 Å². The zero-order valence-electron chi connectivity index (χ0n) is 11.5. The van der Waals surface area contributed by atoms with Crippen LogP contribution in [-0.4, -0.2) is 25.9 Å². The van der Waals surface area contributed by atoms with E-state index in [0.717, 1.165) is 0 Å². The van der Waals surface area contributed by atoms with Crippen LogP contribution in [0.1, 0.15) is 10.4 Å². The molecule has 0 fully saturated rings. The number of carbonyl (C=O) groups excluding carboxylic acids is 2. The van der Waals surface area contributed by atoms with E-state index in [1.54, 1.807) is 42.5 Å². The summed E-state index contributed by atoms with van der Waals surface area (Å²) in [6, 6.07) is 14.6. The summed E-state index contributed by atoms with van der Waals surface area (Å²) in [6.45, 7) is 0. The number of rotatable bonds is 2. The Bertz CT molecular complexity index is 843. The number of sulfone groups is 1. The number of Topliss-reactive ketones (excluding diaryl/α,β-unsaturated/α-hetero) is 1. The van der Waals surface area contributed by atoms with Gasteiger partial charge in [0.25, 0.3) is 0 Å². The number of amides is 1. The van der Waals surface area contributed by atoms with E-state index < -0.39 is 33.2 Å². The molecule has 0 aromatic heterocycles. The average molecular weight is 315 g/mol. The number of hydrogen-bond acceptors (Lipinski definition) is 4. The molecule has 6 heteroatoms. The summed E-state index contributed by atoms with van der Waals surface area (Å²) in [5, 5.41) is 2.59. The second-order valence-corrected chi connectivity index (χ2v) is 7.05. The molecule has 3 rings (SSSR count). The first-order chi connectivity index (χ1) is 10.5.